The van der Waals surface area contributed by atoms with Gasteiger partial charge in [-0.1, -0.05) is 32.1 Å². The van der Waals surface area contributed by atoms with E-state index in [1.165, 1.54) is 25.5 Å². The summed E-state index contributed by atoms with van der Waals surface area (Å²) >= 11 is 0. The SMILES string of the molecule is CC(C)(C)OC(=O)C=N[C@H](C=O)C1CCCCCCC1. The quantitative estimate of drug-likeness (QED) is 0.451. The van der Waals surface area contributed by atoms with Crippen LogP contribution in [-0.4, -0.2) is 30.1 Å². The highest BCUT2D eigenvalue weighted by molar-refractivity contribution is 6.23. The van der Waals surface area contributed by atoms with Gasteiger partial charge in [-0.2, -0.15) is 0 Å². The molecule has 4 nitrogen and oxygen atoms in total. The maximum atomic E-state index is 11.6. The first-order chi connectivity index (χ1) is 9.42. The van der Waals surface area contributed by atoms with Crippen molar-refractivity contribution in [2.24, 2.45) is 10.9 Å². The summed E-state index contributed by atoms with van der Waals surface area (Å²) in [5, 5.41) is 0. The molecule has 0 spiro atoms. The molecule has 0 saturated heterocycles. The Morgan fingerprint density at radius 1 is 1.15 bits per heavy atom. The van der Waals surface area contributed by atoms with Crippen LogP contribution in [-0.2, 0) is 14.3 Å². The molecule has 0 amide bonds. The summed E-state index contributed by atoms with van der Waals surface area (Å²) in [6.07, 6.45) is 10.1. The van der Waals surface area contributed by atoms with Gasteiger partial charge in [0.1, 0.15) is 24.1 Å². The molecule has 1 atom stereocenters. The van der Waals surface area contributed by atoms with Crippen molar-refractivity contribution in [1.82, 2.24) is 0 Å². The maximum absolute atomic E-state index is 11.6. The summed E-state index contributed by atoms with van der Waals surface area (Å²) < 4.78 is 5.16. The van der Waals surface area contributed by atoms with E-state index < -0.39 is 17.6 Å². The Balaban J connectivity index is 2.56. The van der Waals surface area contributed by atoms with E-state index in [4.69, 9.17) is 4.74 Å². The van der Waals surface area contributed by atoms with Gasteiger partial charge in [0.15, 0.2) is 0 Å². The Morgan fingerprint density at radius 3 is 2.20 bits per heavy atom. The van der Waals surface area contributed by atoms with E-state index in [2.05, 4.69) is 4.99 Å². The first kappa shape index (κ1) is 16.9. The minimum absolute atomic E-state index is 0.270. The van der Waals surface area contributed by atoms with Gasteiger partial charge < -0.3 is 9.53 Å². The lowest BCUT2D eigenvalue weighted by molar-refractivity contribution is -0.145. The van der Waals surface area contributed by atoms with Gasteiger partial charge in [0.25, 0.3) is 0 Å². The molecular formula is C16H27NO3. The molecule has 0 aromatic heterocycles. The van der Waals surface area contributed by atoms with Gasteiger partial charge in [0.05, 0.1) is 0 Å². The Morgan fingerprint density at radius 2 is 1.70 bits per heavy atom. The Labute approximate surface area is 122 Å². The highest BCUT2D eigenvalue weighted by Gasteiger charge is 2.21. The molecule has 4 heteroatoms. The van der Waals surface area contributed by atoms with Gasteiger partial charge in [-0.3, -0.25) is 4.99 Å². The molecule has 114 valence electrons. The number of esters is 1. The van der Waals surface area contributed by atoms with E-state index in [1.54, 1.807) is 0 Å². The molecule has 0 unspecified atom stereocenters. The van der Waals surface area contributed by atoms with Gasteiger partial charge in [-0.15, -0.1) is 0 Å². The first-order valence-electron chi connectivity index (χ1n) is 7.64. The van der Waals surface area contributed by atoms with Crippen LogP contribution in [0.2, 0.25) is 0 Å². The number of carbonyl (C=O) groups is 2. The molecular weight excluding hydrogens is 254 g/mol. The van der Waals surface area contributed by atoms with Gasteiger partial charge in [0.2, 0.25) is 0 Å². The highest BCUT2D eigenvalue weighted by Crippen LogP contribution is 2.25. The zero-order valence-electron chi connectivity index (χ0n) is 12.9. The third-order valence-corrected chi connectivity index (χ3v) is 3.53. The summed E-state index contributed by atoms with van der Waals surface area (Å²) in [7, 11) is 0. The van der Waals surface area contributed by atoms with Crippen molar-refractivity contribution in [2.45, 2.75) is 77.4 Å². The van der Waals surface area contributed by atoms with Crippen molar-refractivity contribution < 1.29 is 14.3 Å². The molecule has 0 aromatic rings. The minimum Gasteiger partial charge on any atom is -0.456 e. The summed E-state index contributed by atoms with van der Waals surface area (Å²) in [5.41, 5.74) is -0.528. The van der Waals surface area contributed by atoms with Crippen LogP contribution in [0.4, 0.5) is 0 Å². The average Bonchev–Trinajstić information content (AvgIpc) is 2.29. The number of rotatable bonds is 4. The lowest BCUT2D eigenvalue weighted by Gasteiger charge is -2.22. The maximum Gasteiger partial charge on any atom is 0.349 e. The largest absolute Gasteiger partial charge is 0.456 e. The molecule has 1 aliphatic carbocycles. The van der Waals surface area contributed by atoms with E-state index in [-0.39, 0.29) is 5.92 Å². The van der Waals surface area contributed by atoms with Crippen molar-refractivity contribution in [1.29, 1.82) is 0 Å². The van der Waals surface area contributed by atoms with Gasteiger partial charge in [0, 0.05) is 0 Å². The van der Waals surface area contributed by atoms with Gasteiger partial charge >= 0.3 is 5.97 Å². The van der Waals surface area contributed by atoms with Crippen LogP contribution in [0.15, 0.2) is 4.99 Å². The number of hydrogen-bond acceptors (Lipinski definition) is 4. The number of ether oxygens (including phenoxy) is 1. The molecule has 0 radical (unpaired) electrons. The second kappa shape index (κ2) is 8.18. The molecule has 0 aromatic carbocycles. The molecule has 0 bridgehead atoms. The van der Waals surface area contributed by atoms with Crippen LogP contribution in [0, 0.1) is 5.92 Å². The summed E-state index contributed by atoms with van der Waals surface area (Å²) in [6, 6.07) is -0.402. The monoisotopic (exact) mass is 281 g/mol. The van der Waals surface area contributed by atoms with Crippen molar-refractivity contribution >= 4 is 18.5 Å². The molecule has 0 heterocycles. The van der Waals surface area contributed by atoms with Crippen LogP contribution in [0.25, 0.3) is 0 Å². The summed E-state index contributed by atoms with van der Waals surface area (Å²) in [4.78, 5) is 27.0. The van der Waals surface area contributed by atoms with Crippen molar-refractivity contribution in [3.63, 3.8) is 0 Å². The standard InChI is InChI=1S/C16H27NO3/c1-16(2,3)20-15(19)11-17-14(12-18)13-9-7-5-4-6-8-10-13/h11-14H,4-10H2,1-3H3/t14-/m1/s1. The molecule has 1 rings (SSSR count). The van der Waals surface area contributed by atoms with E-state index in [0.717, 1.165) is 32.0 Å². The lowest BCUT2D eigenvalue weighted by atomic mass is 9.86. The van der Waals surface area contributed by atoms with Crippen LogP contribution in [0.1, 0.15) is 65.7 Å². The third-order valence-electron chi connectivity index (χ3n) is 3.53. The van der Waals surface area contributed by atoms with Gasteiger partial charge in [-0.05, 0) is 39.5 Å². The van der Waals surface area contributed by atoms with E-state index in [1.807, 2.05) is 20.8 Å². The van der Waals surface area contributed by atoms with E-state index in [9.17, 15) is 9.59 Å². The molecule has 1 fully saturated rings. The fourth-order valence-electron chi connectivity index (χ4n) is 2.57. The average molecular weight is 281 g/mol. The summed E-state index contributed by atoms with van der Waals surface area (Å²) in [5.74, 6) is -0.207. The molecule has 20 heavy (non-hydrogen) atoms. The van der Waals surface area contributed by atoms with Crippen LogP contribution < -0.4 is 0 Å². The predicted octanol–water partition coefficient (Wildman–Crippen LogP) is 3.33. The smallest absolute Gasteiger partial charge is 0.349 e. The number of aliphatic imine (C=N–C) groups is 1. The zero-order chi connectivity index (χ0) is 15.0. The Bertz CT molecular complexity index is 336. The second-order valence-electron chi connectivity index (χ2n) is 6.54. The second-order valence-corrected chi connectivity index (χ2v) is 6.54. The third kappa shape index (κ3) is 6.83. The Kier molecular flexibility index (Phi) is 6.89. The van der Waals surface area contributed by atoms with Crippen molar-refractivity contribution in [3.05, 3.63) is 0 Å². The van der Waals surface area contributed by atoms with E-state index in [0.29, 0.717) is 0 Å². The molecule has 0 aliphatic heterocycles. The fraction of sp³-hybridized carbons (Fsp3) is 0.812. The van der Waals surface area contributed by atoms with Crippen molar-refractivity contribution in [3.8, 4) is 0 Å². The van der Waals surface area contributed by atoms with Gasteiger partial charge in [-0.25, -0.2) is 4.79 Å². The molecule has 1 saturated carbocycles. The number of carbonyl (C=O) groups excluding carboxylic acids is 2. The highest BCUT2D eigenvalue weighted by atomic mass is 16.6. The molecule has 1 aliphatic rings. The first-order valence-corrected chi connectivity index (χ1v) is 7.64. The Hall–Kier alpha value is -1.19. The van der Waals surface area contributed by atoms with Crippen LogP contribution in [0.5, 0.6) is 0 Å². The minimum atomic E-state index is -0.528. The fourth-order valence-corrected chi connectivity index (χ4v) is 2.57. The van der Waals surface area contributed by atoms with Crippen LogP contribution >= 0.6 is 0 Å². The topological polar surface area (TPSA) is 55.7 Å². The normalized spacial score (nSPS) is 20.1. The number of aldehydes is 1. The van der Waals surface area contributed by atoms with E-state index >= 15 is 0 Å². The van der Waals surface area contributed by atoms with Crippen LogP contribution in [0.3, 0.4) is 0 Å². The zero-order valence-corrected chi connectivity index (χ0v) is 12.9. The summed E-state index contributed by atoms with van der Waals surface area (Å²) in [6.45, 7) is 5.43. The molecule has 0 N–H and O–H groups in total. The predicted molar refractivity (Wildman–Crippen MR) is 80.0 cm³/mol. The van der Waals surface area contributed by atoms with Crippen molar-refractivity contribution in [2.75, 3.05) is 0 Å². The number of hydrogen-bond donors (Lipinski definition) is 0. The number of nitrogens with zero attached hydrogens (tertiary/aromatic N) is 1. The lowest BCUT2D eigenvalue weighted by Crippen LogP contribution is -2.26.